The highest BCUT2D eigenvalue weighted by molar-refractivity contribution is 5.96. The summed E-state index contributed by atoms with van der Waals surface area (Å²) in [5.41, 5.74) is 5.92. The molecule has 0 saturated carbocycles. The standard InChI is InChI=1S/C25H28N4O2/c1-18-15-19(2)29(26-18)17-25(31)28-13-11-27(12-14-28)24-10-5-4-9-23(24)22-8-6-7-21(16-22)20(3)30/h4-10,15-16H,11-14,17H2,1-3H3. The highest BCUT2D eigenvalue weighted by Crippen LogP contribution is 2.32. The van der Waals surface area contributed by atoms with Crippen molar-refractivity contribution >= 4 is 17.4 Å². The summed E-state index contributed by atoms with van der Waals surface area (Å²) < 4.78 is 1.78. The van der Waals surface area contributed by atoms with E-state index in [0.29, 0.717) is 18.7 Å². The van der Waals surface area contributed by atoms with Gasteiger partial charge in [-0.1, -0.05) is 36.4 Å². The number of ketones is 1. The van der Waals surface area contributed by atoms with Crippen molar-refractivity contribution in [3.8, 4) is 11.1 Å². The Morgan fingerprint density at radius 2 is 1.68 bits per heavy atom. The molecule has 1 amide bonds. The van der Waals surface area contributed by atoms with Crippen LogP contribution in [0.15, 0.2) is 54.6 Å². The average Bonchev–Trinajstić information content (AvgIpc) is 3.10. The van der Waals surface area contributed by atoms with Gasteiger partial charge in [0.15, 0.2) is 5.78 Å². The third-order valence-corrected chi connectivity index (χ3v) is 5.85. The number of piperazine rings is 1. The van der Waals surface area contributed by atoms with Gasteiger partial charge in [0.05, 0.1) is 5.69 Å². The van der Waals surface area contributed by atoms with Crippen LogP contribution in [0.25, 0.3) is 11.1 Å². The highest BCUT2D eigenvalue weighted by Gasteiger charge is 2.23. The number of benzene rings is 2. The predicted molar refractivity (Wildman–Crippen MR) is 122 cm³/mol. The summed E-state index contributed by atoms with van der Waals surface area (Å²) in [7, 11) is 0. The summed E-state index contributed by atoms with van der Waals surface area (Å²) in [6, 6.07) is 18.0. The van der Waals surface area contributed by atoms with Crippen molar-refractivity contribution in [2.45, 2.75) is 27.3 Å². The Morgan fingerprint density at radius 3 is 2.35 bits per heavy atom. The van der Waals surface area contributed by atoms with E-state index >= 15 is 0 Å². The summed E-state index contributed by atoms with van der Waals surface area (Å²) in [5.74, 6) is 0.169. The minimum absolute atomic E-state index is 0.0640. The van der Waals surface area contributed by atoms with Gasteiger partial charge < -0.3 is 9.80 Å². The Bertz CT molecular complexity index is 1110. The molecule has 0 unspecified atom stereocenters. The Morgan fingerprint density at radius 1 is 0.935 bits per heavy atom. The number of rotatable bonds is 5. The third-order valence-electron chi connectivity index (χ3n) is 5.85. The van der Waals surface area contributed by atoms with Crippen LogP contribution in [0.4, 0.5) is 5.69 Å². The summed E-state index contributed by atoms with van der Waals surface area (Å²) in [6.07, 6.45) is 0. The van der Waals surface area contributed by atoms with Crippen molar-refractivity contribution in [1.29, 1.82) is 0 Å². The van der Waals surface area contributed by atoms with E-state index in [4.69, 9.17) is 0 Å². The Hall–Kier alpha value is -3.41. The Kier molecular flexibility index (Phi) is 5.89. The van der Waals surface area contributed by atoms with Gasteiger partial charge >= 0.3 is 0 Å². The number of carbonyl (C=O) groups excluding carboxylic acids is 2. The van der Waals surface area contributed by atoms with Gasteiger partial charge in [-0.25, -0.2) is 0 Å². The van der Waals surface area contributed by atoms with Crippen LogP contribution in [0.5, 0.6) is 0 Å². The topological polar surface area (TPSA) is 58.4 Å². The van der Waals surface area contributed by atoms with Crippen molar-refractivity contribution in [3.05, 3.63) is 71.5 Å². The molecule has 31 heavy (non-hydrogen) atoms. The predicted octanol–water partition coefficient (Wildman–Crippen LogP) is 3.72. The fourth-order valence-corrected chi connectivity index (χ4v) is 4.16. The number of aromatic nitrogens is 2. The van der Waals surface area contributed by atoms with E-state index in [2.05, 4.69) is 22.1 Å². The number of nitrogens with zero attached hydrogens (tertiary/aromatic N) is 4. The molecule has 3 aromatic rings. The quantitative estimate of drug-likeness (QED) is 0.595. The van der Waals surface area contributed by atoms with E-state index in [-0.39, 0.29) is 18.2 Å². The van der Waals surface area contributed by atoms with Gasteiger partial charge in [0.2, 0.25) is 5.91 Å². The van der Waals surface area contributed by atoms with Crippen LogP contribution < -0.4 is 4.90 Å². The minimum atomic E-state index is 0.0640. The molecule has 4 rings (SSSR count). The molecule has 1 aromatic heterocycles. The molecule has 6 heteroatoms. The molecule has 0 bridgehead atoms. The minimum Gasteiger partial charge on any atom is -0.367 e. The fraction of sp³-hybridized carbons (Fsp3) is 0.320. The lowest BCUT2D eigenvalue weighted by molar-refractivity contribution is -0.132. The molecule has 2 heterocycles. The number of hydrogen-bond acceptors (Lipinski definition) is 4. The fourth-order valence-electron chi connectivity index (χ4n) is 4.16. The number of anilines is 1. The largest absolute Gasteiger partial charge is 0.367 e. The number of amides is 1. The van der Waals surface area contributed by atoms with Crippen molar-refractivity contribution in [3.63, 3.8) is 0 Å². The molecule has 0 spiro atoms. The molecule has 160 valence electrons. The maximum absolute atomic E-state index is 12.8. The second kappa shape index (κ2) is 8.76. The van der Waals surface area contributed by atoms with E-state index in [9.17, 15) is 9.59 Å². The number of Topliss-reactive ketones (excluding diaryl/α,β-unsaturated/α-hetero) is 1. The highest BCUT2D eigenvalue weighted by atomic mass is 16.2. The van der Waals surface area contributed by atoms with Gasteiger partial charge in [0.1, 0.15) is 6.54 Å². The number of para-hydroxylation sites is 1. The Balaban J connectivity index is 1.47. The van der Waals surface area contributed by atoms with E-state index in [1.54, 1.807) is 11.6 Å². The zero-order valence-electron chi connectivity index (χ0n) is 18.3. The van der Waals surface area contributed by atoms with Crippen molar-refractivity contribution in [1.82, 2.24) is 14.7 Å². The maximum Gasteiger partial charge on any atom is 0.244 e. The van der Waals surface area contributed by atoms with Gasteiger partial charge in [-0.05, 0) is 44.5 Å². The normalized spacial score (nSPS) is 14.0. The van der Waals surface area contributed by atoms with E-state index in [1.807, 2.05) is 61.2 Å². The molecule has 2 aromatic carbocycles. The molecule has 0 aliphatic carbocycles. The van der Waals surface area contributed by atoms with Crippen LogP contribution in [-0.2, 0) is 11.3 Å². The zero-order chi connectivity index (χ0) is 22.0. The first-order valence-electron chi connectivity index (χ1n) is 10.7. The smallest absolute Gasteiger partial charge is 0.244 e. The number of hydrogen-bond donors (Lipinski definition) is 0. The SMILES string of the molecule is CC(=O)c1cccc(-c2ccccc2N2CCN(C(=O)Cn3nc(C)cc3C)CC2)c1. The van der Waals surface area contributed by atoms with E-state index in [1.165, 1.54) is 0 Å². The molecule has 0 atom stereocenters. The van der Waals surface area contributed by atoms with Crippen molar-refractivity contribution in [2.75, 3.05) is 31.1 Å². The molecular weight excluding hydrogens is 388 g/mol. The first-order valence-corrected chi connectivity index (χ1v) is 10.7. The summed E-state index contributed by atoms with van der Waals surface area (Å²) in [5, 5.41) is 4.41. The molecule has 1 fully saturated rings. The van der Waals surface area contributed by atoms with E-state index < -0.39 is 0 Å². The van der Waals surface area contributed by atoms with Gasteiger partial charge in [-0.2, -0.15) is 5.10 Å². The first-order chi connectivity index (χ1) is 14.9. The lowest BCUT2D eigenvalue weighted by atomic mass is 9.99. The van der Waals surface area contributed by atoms with Crippen LogP contribution in [0.2, 0.25) is 0 Å². The van der Waals surface area contributed by atoms with E-state index in [0.717, 1.165) is 41.3 Å². The maximum atomic E-state index is 12.8. The number of aryl methyl sites for hydroxylation is 2. The molecule has 1 saturated heterocycles. The third kappa shape index (κ3) is 4.53. The summed E-state index contributed by atoms with van der Waals surface area (Å²) in [4.78, 5) is 28.8. The van der Waals surface area contributed by atoms with Gasteiger partial charge in [0.25, 0.3) is 0 Å². The summed E-state index contributed by atoms with van der Waals surface area (Å²) in [6.45, 7) is 8.69. The van der Waals surface area contributed by atoms with Gasteiger partial charge in [-0.15, -0.1) is 0 Å². The second-order valence-electron chi connectivity index (χ2n) is 8.11. The lowest BCUT2D eigenvalue weighted by Crippen LogP contribution is -2.49. The van der Waals surface area contributed by atoms with Gasteiger partial charge in [-0.3, -0.25) is 14.3 Å². The molecule has 0 N–H and O–H groups in total. The van der Waals surface area contributed by atoms with Crippen LogP contribution in [0, 0.1) is 13.8 Å². The molecule has 1 aliphatic rings. The van der Waals surface area contributed by atoms with Crippen LogP contribution in [0.3, 0.4) is 0 Å². The zero-order valence-corrected chi connectivity index (χ0v) is 18.3. The molecule has 6 nitrogen and oxygen atoms in total. The van der Waals surface area contributed by atoms with Crippen LogP contribution >= 0.6 is 0 Å². The second-order valence-corrected chi connectivity index (χ2v) is 8.11. The summed E-state index contributed by atoms with van der Waals surface area (Å²) >= 11 is 0. The molecule has 0 radical (unpaired) electrons. The van der Waals surface area contributed by atoms with Crippen molar-refractivity contribution < 1.29 is 9.59 Å². The molecular formula is C25H28N4O2. The monoisotopic (exact) mass is 416 g/mol. The van der Waals surface area contributed by atoms with Crippen LogP contribution in [0.1, 0.15) is 28.7 Å². The van der Waals surface area contributed by atoms with Crippen molar-refractivity contribution in [2.24, 2.45) is 0 Å². The number of carbonyl (C=O) groups is 2. The van der Waals surface area contributed by atoms with Gasteiger partial charge in [0, 0.05) is 48.7 Å². The molecule has 1 aliphatic heterocycles. The average molecular weight is 417 g/mol. The van der Waals surface area contributed by atoms with Crippen LogP contribution in [-0.4, -0.2) is 52.5 Å². The Labute approximate surface area is 183 Å². The first kappa shape index (κ1) is 20.8. The lowest BCUT2D eigenvalue weighted by Gasteiger charge is -2.37.